The van der Waals surface area contributed by atoms with Gasteiger partial charge in [0.1, 0.15) is 0 Å². The Labute approximate surface area is 121 Å². The third-order valence-electron chi connectivity index (χ3n) is 4.30. The fraction of sp³-hybridized carbons (Fsp3) is 0.867. The van der Waals surface area contributed by atoms with E-state index in [1.807, 2.05) is 4.90 Å². The van der Waals surface area contributed by atoms with Gasteiger partial charge in [-0.25, -0.2) is 0 Å². The van der Waals surface area contributed by atoms with Gasteiger partial charge in [-0.1, -0.05) is 13.3 Å². The van der Waals surface area contributed by atoms with Gasteiger partial charge < -0.3 is 15.4 Å². The number of rotatable bonds is 7. The Morgan fingerprint density at radius 2 is 1.95 bits per heavy atom. The first kappa shape index (κ1) is 17.0. The minimum absolute atomic E-state index is 0.0373. The third kappa shape index (κ3) is 5.12. The third-order valence-corrected chi connectivity index (χ3v) is 4.30. The van der Waals surface area contributed by atoms with Crippen molar-refractivity contribution in [2.45, 2.75) is 45.4 Å². The molecule has 1 atom stereocenters. The van der Waals surface area contributed by atoms with Crippen molar-refractivity contribution in [2.24, 2.45) is 17.6 Å². The molecule has 0 saturated carbocycles. The maximum absolute atomic E-state index is 12.1. The number of hydrogen-bond acceptors (Lipinski definition) is 4. The predicted molar refractivity (Wildman–Crippen MR) is 78.0 cm³/mol. The molecule has 1 amide bonds. The molecule has 116 valence electrons. The van der Waals surface area contributed by atoms with Crippen LogP contribution >= 0.6 is 0 Å². The number of amides is 1. The number of likely N-dealkylation sites (tertiary alicyclic amines) is 1. The van der Waals surface area contributed by atoms with Gasteiger partial charge in [-0.3, -0.25) is 9.59 Å². The summed E-state index contributed by atoms with van der Waals surface area (Å²) in [5.74, 6) is 0.580. The highest BCUT2D eigenvalue weighted by molar-refractivity contribution is 5.77. The SMILES string of the molecule is CCC(CCN)CCC(=O)N1CCC(C(=O)OC)CC1. The number of nitrogens with zero attached hydrogens (tertiary/aromatic N) is 1. The normalized spacial score (nSPS) is 17.9. The van der Waals surface area contributed by atoms with E-state index in [-0.39, 0.29) is 17.8 Å². The van der Waals surface area contributed by atoms with Crippen LogP contribution in [0.15, 0.2) is 0 Å². The van der Waals surface area contributed by atoms with Gasteiger partial charge in [0, 0.05) is 19.5 Å². The quantitative estimate of drug-likeness (QED) is 0.720. The topological polar surface area (TPSA) is 72.6 Å². The molecule has 20 heavy (non-hydrogen) atoms. The summed E-state index contributed by atoms with van der Waals surface area (Å²) >= 11 is 0. The summed E-state index contributed by atoms with van der Waals surface area (Å²) in [6, 6.07) is 0. The molecule has 5 nitrogen and oxygen atoms in total. The number of piperidine rings is 1. The second-order valence-corrected chi connectivity index (χ2v) is 5.57. The van der Waals surface area contributed by atoms with Gasteiger partial charge in [-0.05, 0) is 38.1 Å². The number of hydrogen-bond donors (Lipinski definition) is 1. The van der Waals surface area contributed by atoms with Crippen LogP contribution in [-0.2, 0) is 14.3 Å². The summed E-state index contributed by atoms with van der Waals surface area (Å²) in [6.07, 6.45) is 5.03. The van der Waals surface area contributed by atoms with Crippen molar-refractivity contribution in [3.8, 4) is 0 Å². The lowest BCUT2D eigenvalue weighted by molar-refractivity contribution is -0.148. The van der Waals surface area contributed by atoms with Crippen molar-refractivity contribution in [1.29, 1.82) is 0 Å². The molecule has 0 spiro atoms. The Bertz CT molecular complexity index is 312. The van der Waals surface area contributed by atoms with E-state index in [1.165, 1.54) is 7.11 Å². The lowest BCUT2D eigenvalue weighted by Gasteiger charge is -2.31. The minimum Gasteiger partial charge on any atom is -0.469 e. The van der Waals surface area contributed by atoms with Crippen molar-refractivity contribution in [2.75, 3.05) is 26.7 Å². The van der Waals surface area contributed by atoms with Gasteiger partial charge in [0.2, 0.25) is 5.91 Å². The lowest BCUT2D eigenvalue weighted by atomic mass is 9.94. The summed E-state index contributed by atoms with van der Waals surface area (Å²) in [5, 5.41) is 0. The first-order valence-corrected chi connectivity index (χ1v) is 7.68. The van der Waals surface area contributed by atoms with Crippen molar-refractivity contribution >= 4 is 11.9 Å². The summed E-state index contributed by atoms with van der Waals surface area (Å²) in [6.45, 7) is 4.18. The van der Waals surface area contributed by atoms with Crippen LogP contribution in [0.4, 0.5) is 0 Å². The molecule has 1 saturated heterocycles. The van der Waals surface area contributed by atoms with Crippen molar-refractivity contribution in [3.05, 3.63) is 0 Å². The van der Waals surface area contributed by atoms with Gasteiger partial charge in [0.25, 0.3) is 0 Å². The first-order valence-electron chi connectivity index (χ1n) is 7.68. The molecule has 0 bridgehead atoms. The summed E-state index contributed by atoms with van der Waals surface area (Å²) in [5.41, 5.74) is 5.57. The van der Waals surface area contributed by atoms with E-state index in [1.54, 1.807) is 0 Å². The number of nitrogens with two attached hydrogens (primary N) is 1. The van der Waals surface area contributed by atoms with E-state index in [4.69, 9.17) is 10.5 Å². The number of carbonyl (C=O) groups is 2. The van der Waals surface area contributed by atoms with Crippen LogP contribution in [0.3, 0.4) is 0 Å². The maximum Gasteiger partial charge on any atom is 0.308 e. The summed E-state index contributed by atoms with van der Waals surface area (Å²) in [4.78, 5) is 25.5. The van der Waals surface area contributed by atoms with Crippen molar-refractivity contribution in [3.63, 3.8) is 0 Å². The highest BCUT2D eigenvalue weighted by atomic mass is 16.5. The van der Waals surface area contributed by atoms with Crippen LogP contribution < -0.4 is 5.73 Å². The predicted octanol–water partition coefficient (Wildman–Crippen LogP) is 1.55. The monoisotopic (exact) mass is 284 g/mol. The van der Waals surface area contributed by atoms with Gasteiger partial charge >= 0.3 is 5.97 Å². The number of esters is 1. The zero-order valence-electron chi connectivity index (χ0n) is 12.8. The fourth-order valence-electron chi connectivity index (χ4n) is 2.81. The molecule has 0 aromatic rings. The maximum atomic E-state index is 12.1. The van der Waals surface area contributed by atoms with Gasteiger partial charge in [-0.2, -0.15) is 0 Å². The zero-order chi connectivity index (χ0) is 15.0. The standard InChI is InChI=1S/C15H28N2O3/c1-3-12(6-9-16)4-5-14(18)17-10-7-13(8-11-17)15(19)20-2/h12-13H,3-11,16H2,1-2H3. The zero-order valence-corrected chi connectivity index (χ0v) is 12.8. The number of carbonyl (C=O) groups excluding carboxylic acids is 2. The Morgan fingerprint density at radius 1 is 1.30 bits per heavy atom. The Morgan fingerprint density at radius 3 is 2.45 bits per heavy atom. The molecule has 1 heterocycles. The average Bonchev–Trinajstić information content (AvgIpc) is 2.50. The molecule has 1 aliphatic heterocycles. The van der Waals surface area contributed by atoms with E-state index in [0.717, 1.165) is 32.1 Å². The lowest BCUT2D eigenvalue weighted by Crippen LogP contribution is -2.40. The van der Waals surface area contributed by atoms with Gasteiger partial charge in [-0.15, -0.1) is 0 Å². The van der Waals surface area contributed by atoms with Crippen LogP contribution in [0.25, 0.3) is 0 Å². The Balaban J connectivity index is 2.30. The largest absolute Gasteiger partial charge is 0.469 e. The molecule has 0 radical (unpaired) electrons. The van der Waals surface area contributed by atoms with E-state index in [2.05, 4.69) is 6.92 Å². The molecule has 1 fully saturated rings. The van der Waals surface area contributed by atoms with Crippen LogP contribution in [-0.4, -0.2) is 43.5 Å². The number of ether oxygens (including phenoxy) is 1. The second kappa shape index (κ2) is 8.95. The molecule has 0 aromatic heterocycles. The summed E-state index contributed by atoms with van der Waals surface area (Å²) < 4.78 is 4.75. The molecule has 2 N–H and O–H groups in total. The number of methoxy groups -OCH3 is 1. The highest BCUT2D eigenvalue weighted by Crippen LogP contribution is 2.21. The van der Waals surface area contributed by atoms with Crippen LogP contribution in [0.2, 0.25) is 0 Å². The fourth-order valence-corrected chi connectivity index (χ4v) is 2.81. The highest BCUT2D eigenvalue weighted by Gasteiger charge is 2.27. The first-order chi connectivity index (χ1) is 9.62. The molecular formula is C15H28N2O3. The molecule has 1 rings (SSSR count). The van der Waals surface area contributed by atoms with Crippen LogP contribution in [0.5, 0.6) is 0 Å². The Kier molecular flexibility index (Phi) is 7.59. The molecule has 0 aliphatic carbocycles. The van der Waals surface area contributed by atoms with E-state index in [9.17, 15) is 9.59 Å². The second-order valence-electron chi connectivity index (χ2n) is 5.57. The van der Waals surface area contributed by atoms with E-state index < -0.39 is 0 Å². The van der Waals surface area contributed by atoms with Crippen molar-refractivity contribution < 1.29 is 14.3 Å². The van der Waals surface area contributed by atoms with Crippen LogP contribution in [0.1, 0.15) is 45.4 Å². The van der Waals surface area contributed by atoms with E-state index in [0.29, 0.717) is 32.0 Å². The van der Waals surface area contributed by atoms with Gasteiger partial charge in [0.05, 0.1) is 13.0 Å². The molecule has 0 aromatic carbocycles. The van der Waals surface area contributed by atoms with Gasteiger partial charge in [0.15, 0.2) is 0 Å². The van der Waals surface area contributed by atoms with Crippen molar-refractivity contribution in [1.82, 2.24) is 4.90 Å². The molecule has 5 heteroatoms. The molecule has 1 unspecified atom stereocenters. The Hall–Kier alpha value is -1.10. The van der Waals surface area contributed by atoms with E-state index >= 15 is 0 Å². The molecule has 1 aliphatic rings. The van der Waals surface area contributed by atoms with Crippen LogP contribution in [0, 0.1) is 11.8 Å². The average molecular weight is 284 g/mol. The molecular weight excluding hydrogens is 256 g/mol. The summed E-state index contributed by atoms with van der Waals surface area (Å²) in [7, 11) is 1.42. The smallest absolute Gasteiger partial charge is 0.308 e. The minimum atomic E-state index is -0.147.